The number of carbonyl (C=O) groups is 2. The Balaban J connectivity index is -0.0000000867. The van der Waals surface area contributed by atoms with E-state index >= 15 is 0 Å². The molecule has 0 aromatic rings. The molecule has 0 aliphatic carbocycles. The molecule has 0 radical (unpaired) electrons. The van der Waals surface area contributed by atoms with Gasteiger partial charge >= 0.3 is 5.97 Å². The van der Waals surface area contributed by atoms with Crippen molar-refractivity contribution in [3.63, 3.8) is 0 Å². The number of carboxylic acid groups (broad SMARTS) is 1. The predicted octanol–water partition coefficient (Wildman–Crippen LogP) is 1.08. The van der Waals surface area contributed by atoms with Crippen molar-refractivity contribution in [3.8, 4) is 0 Å². The zero-order valence-electron chi connectivity index (χ0n) is 9.63. The van der Waals surface area contributed by atoms with Gasteiger partial charge in [0.1, 0.15) is 0 Å². The highest BCUT2D eigenvalue weighted by atomic mass is 16.4. The van der Waals surface area contributed by atoms with Gasteiger partial charge in [0.25, 0.3) is 0 Å². The van der Waals surface area contributed by atoms with Gasteiger partial charge in [-0.25, -0.2) is 0 Å². The van der Waals surface area contributed by atoms with Crippen molar-refractivity contribution in [3.05, 3.63) is 0 Å². The number of rotatable bonds is 3. The minimum Gasteiger partial charge on any atom is -0.481 e. The number of carboxylic acids is 1. The molecule has 0 aromatic carbocycles. The third kappa shape index (κ3) is 32.2. The van der Waals surface area contributed by atoms with E-state index in [1.807, 2.05) is 27.9 Å². The van der Waals surface area contributed by atoms with Gasteiger partial charge in [0, 0.05) is 6.42 Å². The highest BCUT2D eigenvalue weighted by Crippen LogP contribution is 1.98. The third-order valence-electron chi connectivity index (χ3n) is 0.929. The molecule has 94 valence electrons. The van der Waals surface area contributed by atoms with E-state index in [1.165, 1.54) is 6.92 Å². The lowest BCUT2D eigenvalue weighted by Crippen LogP contribution is -2.19. The van der Waals surface area contributed by atoms with Crippen LogP contribution < -0.4 is 11.1 Å². The summed E-state index contributed by atoms with van der Waals surface area (Å²) in [6.07, 6.45) is -0.0880. The Morgan fingerprint density at radius 3 is 1.67 bits per heavy atom. The summed E-state index contributed by atoms with van der Waals surface area (Å²) in [6.45, 7) is 5.44. The average molecular weight is 222 g/mol. The summed E-state index contributed by atoms with van der Waals surface area (Å²) >= 11 is 0. The smallest absolute Gasteiger partial charge is 0.306 e. The number of hydrogen-bond donors (Lipinski definition) is 3. The molecule has 5 heteroatoms. The monoisotopic (exact) mass is 222 g/mol. The van der Waals surface area contributed by atoms with Crippen LogP contribution in [0.15, 0.2) is 0 Å². The molecule has 0 saturated carbocycles. The second kappa shape index (κ2) is 18.6. The van der Waals surface area contributed by atoms with E-state index < -0.39 is 17.8 Å². The normalized spacial score (nSPS) is 9.13. The number of carbonyl (C=O) groups excluding carboxylic acids is 1. The van der Waals surface area contributed by atoms with Gasteiger partial charge in [-0.05, 0) is 14.1 Å². The van der Waals surface area contributed by atoms with E-state index in [-0.39, 0.29) is 13.8 Å². The van der Waals surface area contributed by atoms with Gasteiger partial charge in [-0.2, -0.15) is 0 Å². The second-order valence-corrected chi connectivity index (χ2v) is 2.41. The Bertz CT molecular complexity index is 150. The van der Waals surface area contributed by atoms with Gasteiger partial charge in [-0.3, -0.25) is 9.59 Å². The van der Waals surface area contributed by atoms with Crippen LogP contribution in [0.1, 0.15) is 34.6 Å². The molecule has 1 atom stereocenters. The highest BCUT2D eigenvalue weighted by Gasteiger charge is 2.12. The largest absolute Gasteiger partial charge is 0.481 e. The van der Waals surface area contributed by atoms with E-state index in [4.69, 9.17) is 10.8 Å². The maximum absolute atomic E-state index is 10.1. The lowest BCUT2D eigenvalue weighted by Gasteiger charge is -1.99. The van der Waals surface area contributed by atoms with Gasteiger partial charge in [0.15, 0.2) is 0 Å². The van der Waals surface area contributed by atoms with Crippen LogP contribution in [0, 0.1) is 5.92 Å². The molecular formula is C10H26N2O3. The first-order valence-corrected chi connectivity index (χ1v) is 4.55. The maximum atomic E-state index is 10.1. The predicted molar refractivity (Wildman–Crippen MR) is 63.7 cm³/mol. The molecule has 0 aliphatic heterocycles. The van der Waals surface area contributed by atoms with Crippen LogP contribution in [0.4, 0.5) is 0 Å². The molecule has 0 saturated heterocycles. The SMILES string of the molecule is C.CC.CC(CC(N)=O)C(=O)O.CNC. The van der Waals surface area contributed by atoms with Crippen molar-refractivity contribution in [2.45, 2.75) is 34.6 Å². The van der Waals surface area contributed by atoms with Gasteiger partial charge < -0.3 is 16.2 Å². The van der Waals surface area contributed by atoms with Crippen LogP contribution >= 0.6 is 0 Å². The quantitative estimate of drug-likeness (QED) is 0.666. The Hall–Kier alpha value is -1.10. The Morgan fingerprint density at radius 1 is 1.33 bits per heavy atom. The molecule has 0 spiro atoms. The Morgan fingerprint density at radius 2 is 1.60 bits per heavy atom. The van der Waals surface area contributed by atoms with Crippen molar-refractivity contribution in [1.29, 1.82) is 0 Å². The van der Waals surface area contributed by atoms with Crippen LogP contribution in [0.5, 0.6) is 0 Å². The van der Waals surface area contributed by atoms with Crippen molar-refractivity contribution in [2.24, 2.45) is 11.7 Å². The van der Waals surface area contributed by atoms with Gasteiger partial charge in [0.2, 0.25) is 5.91 Å². The molecule has 4 N–H and O–H groups in total. The summed E-state index contributed by atoms with van der Waals surface area (Å²) in [5, 5.41) is 11.0. The molecule has 0 aliphatic rings. The van der Waals surface area contributed by atoms with Gasteiger partial charge in [-0.1, -0.05) is 28.2 Å². The fourth-order valence-electron chi connectivity index (χ4n) is 0.389. The van der Waals surface area contributed by atoms with Crippen LogP contribution in [0.3, 0.4) is 0 Å². The summed E-state index contributed by atoms with van der Waals surface area (Å²) in [5.74, 6) is -2.23. The van der Waals surface area contributed by atoms with E-state index in [0.717, 1.165) is 0 Å². The number of aliphatic carboxylic acids is 1. The van der Waals surface area contributed by atoms with E-state index in [9.17, 15) is 9.59 Å². The summed E-state index contributed by atoms with van der Waals surface area (Å²) in [6, 6.07) is 0. The summed E-state index contributed by atoms with van der Waals surface area (Å²) in [5.41, 5.74) is 4.73. The van der Waals surface area contributed by atoms with Crippen LogP contribution in [-0.4, -0.2) is 31.1 Å². The van der Waals surface area contributed by atoms with Crippen LogP contribution in [0.25, 0.3) is 0 Å². The molecule has 0 heterocycles. The highest BCUT2D eigenvalue weighted by molar-refractivity contribution is 5.80. The number of nitrogens with one attached hydrogen (secondary N) is 1. The average Bonchev–Trinajstić information content (AvgIpc) is 2.08. The molecule has 1 unspecified atom stereocenters. The molecule has 1 amide bonds. The molecule has 0 fully saturated rings. The van der Waals surface area contributed by atoms with Gasteiger partial charge in [-0.15, -0.1) is 0 Å². The van der Waals surface area contributed by atoms with Crippen LogP contribution in [-0.2, 0) is 9.59 Å². The molecule has 0 aromatic heterocycles. The minimum atomic E-state index is -0.992. The zero-order valence-corrected chi connectivity index (χ0v) is 9.63. The number of hydrogen-bond acceptors (Lipinski definition) is 3. The molecule has 5 nitrogen and oxygen atoms in total. The summed E-state index contributed by atoms with van der Waals surface area (Å²) < 4.78 is 0. The molecule has 0 rings (SSSR count). The van der Waals surface area contributed by atoms with Crippen molar-refractivity contribution in [1.82, 2.24) is 5.32 Å². The van der Waals surface area contributed by atoms with Crippen molar-refractivity contribution < 1.29 is 14.7 Å². The maximum Gasteiger partial charge on any atom is 0.306 e. The van der Waals surface area contributed by atoms with E-state index in [2.05, 4.69) is 5.32 Å². The number of amides is 1. The molecule has 0 bridgehead atoms. The van der Waals surface area contributed by atoms with Crippen LogP contribution in [0.2, 0.25) is 0 Å². The first kappa shape index (κ1) is 23.6. The summed E-state index contributed by atoms with van der Waals surface area (Å²) in [4.78, 5) is 20.1. The fourth-order valence-corrected chi connectivity index (χ4v) is 0.389. The lowest BCUT2D eigenvalue weighted by molar-refractivity contribution is -0.143. The Kier molecular flexibility index (Phi) is 29.3. The first-order chi connectivity index (χ1) is 6.45. The van der Waals surface area contributed by atoms with Crippen molar-refractivity contribution in [2.75, 3.05) is 14.1 Å². The number of nitrogens with two attached hydrogens (primary N) is 1. The summed E-state index contributed by atoms with van der Waals surface area (Å²) in [7, 11) is 3.75. The topological polar surface area (TPSA) is 92.4 Å². The fraction of sp³-hybridized carbons (Fsp3) is 0.800. The van der Waals surface area contributed by atoms with Crippen molar-refractivity contribution >= 4 is 11.9 Å². The second-order valence-electron chi connectivity index (χ2n) is 2.41. The standard InChI is InChI=1S/C5H9NO3.C2H7N.C2H6.CH4/c1-3(5(8)9)2-4(6)7;1-3-2;1-2;/h3H,2H2,1H3,(H2,6,7)(H,8,9);3H,1-2H3;1-2H3;1H4. The molecule has 15 heavy (non-hydrogen) atoms. The zero-order chi connectivity index (χ0) is 12.1. The van der Waals surface area contributed by atoms with Gasteiger partial charge in [0.05, 0.1) is 5.92 Å². The minimum absolute atomic E-state index is 0. The molecular weight excluding hydrogens is 196 g/mol. The van der Waals surface area contributed by atoms with E-state index in [1.54, 1.807) is 0 Å². The van der Waals surface area contributed by atoms with E-state index in [0.29, 0.717) is 0 Å². The Labute approximate surface area is 93.0 Å². The number of primary amides is 1. The third-order valence-corrected chi connectivity index (χ3v) is 0.929. The first-order valence-electron chi connectivity index (χ1n) is 4.55. The lowest BCUT2D eigenvalue weighted by atomic mass is 10.1.